The van der Waals surface area contributed by atoms with Crippen molar-refractivity contribution in [3.8, 4) is 0 Å². The predicted octanol–water partition coefficient (Wildman–Crippen LogP) is 1.93. The SMILES string of the molecule is CC1(C)CN(CCN2CCCCC2)C(C)(C)CN1. The summed E-state index contributed by atoms with van der Waals surface area (Å²) in [5.41, 5.74) is 0.558. The van der Waals surface area contributed by atoms with Crippen LogP contribution in [0.3, 0.4) is 0 Å². The second-order valence-corrected chi connectivity index (χ2v) is 7.37. The minimum Gasteiger partial charge on any atom is -0.309 e. The van der Waals surface area contributed by atoms with Crippen LogP contribution in [0.5, 0.6) is 0 Å². The van der Waals surface area contributed by atoms with Gasteiger partial charge in [-0.25, -0.2) is 0 Å². The number of piperidine rings is 1. The predicted molar refractivity (Wildman–Crippen MR) is 78.0 cm³/mol. The van der Waals surface area contributed by atoms with Crippen LogP contribution >= 0.6 is 0 Å². The van der Waals surface area contributed by atoms with Crippen LogP contribution < -0.4 is 5.32 Å². The highest BCUT2D eigenvalue weighted by Gasteiger charge is 2.37. The molecule has 2 fully saturated rings. The summed E-state index contributed by atoms with van der Waals surface area (Å²) >= 11 is 0. The summed E-state index contributed by atoms with van der Waals surface area (Å²) in [6.45, 7) is 16.7. The molecule has 0 aromatic carbocycles. The van der Waals surface area contributed by atoms with E-state index in [0.717, 1.165) is 13.1 Å². The molecule has 0 bridgehead atoms. The zero-order valence-electron chi connectivity index (χ0n) is 12.8. The van der Waals surface area contributed by atoms with Crippen LogP contribution in [0.25, 0.3) is 0 Å². The van der Waals surface area contributed by atoms with Gasteiger partial charge in [-0.15, -0.1) is 0 Å². The molecule has 0 saturated carbocycles. The molecule has 2 aliphatic rings. The molecule has 2 rings (SSSR count). The van der Waals surface area contributed by atoms with Crippen molar-refractivity contribution in [2.75, 3.05) is 39.3 Å². The summed E-state index contributed by atoms with van der Waals surface area (Å²) in [6, 6.07) is 0. The van der Waals surface area contributed by atoms with Crippen LogP contribution in [0.2, 0.25) is 0 Å². The Bertz CT molecular complexity index is 267. The van der Waals surface area contributed by atoms with Crippen LogP contribution in [-0.4, -0.2) is 60.1 Å². The summed E-state index contributed by atoms with van der Waals surface area (Å²) in [5.74, 6) is 0. The lowest BCUT2D eigenvalue weighted by atomic mass is 9.91. The Labute approximate surface area is 113 Å². The molecule has 1 N–H and O–H groups in total. The molecule has 2 aliphatic heterocycles. The Morgan fingerprint density at radius 3 is 2.28 bits per heavy atom. The fraction of sp³-hybridized carbons (Fsp3) is 1.00. The van der Waals surface area contributed by atoms with Gasteiger partial charge in [0.2, 0.25) is 0 Å². The van der Waals surface area contributed by atoms with Gasteiger partial charge in [0.05, 0.1) is 0 Å². The molecule has 0 radical (unpaired) electrons. The summed E-state index contributed by atoms with van der Waals surface area (Å²) in [6.07, 6.45) is 4.23. The van der Waals surface area contributed by atoms with Gasteiger partial charge in [-0.3, -0.25) is 4.90 Å². The molecule has 2 saturated heterocycles. The monoisotopic (exact) mass is 253 g/mol. The number of nitrogens with one attached hydrogen (secondary N) is 1. The van der Waals surface area contributed by atoms with Crippen molar-refractivity contribution in [2.24, 2.45) is 0 Å². The molecule has 0 aromatic heterocycles. The average Bonchev–Trinajstić information content (AvgIpc) is 2.32. The van der Waals surface area contributed by atoms with E-state index in [1.54, 1.807) is 0 Å². The van der Waals surface area contributed by atoms with Crippen molar-refractivity contribution in [1.29, 1.82) is 0 Å². The summed E-state index contributed by atoms with van der Waals surface area (Å²) in [5, 5.41) is 3.66. The molecule has 3 nitrogen and oxygen atoms in total. The molecule has 0 amide bonds. The maximum absolute atomic E-state index is 3.66. The quantitative estimate of drug-likeness (QED) is 0.829. The highest BCUT2D eigenvalue weighted by atomic mass is 15.3. The maximum atomic E-state index is 3.66. The van der Waals surface area contributed by atoms with E-state index in [4.69, 9.17) is 0 Å². The van der Waals surface area contributed by atoms with Gasteiger partial charge in [0.1, 0.15) is 0 Å². The van der Waals surface area contributed by atoms with Crippen molar-refractivity contribution in [3.05, 3.63) is 0 Å². The molecule has 0 atom stereocenters. The van der Waals surface area contributed by atoms with E-state index < -0.39 is 0 Å². The zero-order chi connectivity index (χ0) is 13.2. The lowest BCUT2D eigenvalue weighted by Crippen LogP contribution is -2.66. The molecule has 106 valence electrons. The molecule has 0 spiro atoms. The van der Waals surface area contributed by atoms with Gasteiger partial charge in [-0.2, -0.15) is 0 Å². The van der Waals surface area contributed by atoms with Gasteiger partial charge in [0, 0.05) is 37.3 Å². The van der Waals surface area contributed by atoms with Gasteiger partial charge >= 0.3 is 0 Å². The van der Waals surface area contributed by atoms with Gasteiger partial charge in [0.15, 0.2) is 0 Å². The van der Waals surface area contributed by atoms with Crippen LogP contribution in [0.15, 0.2) is 0 Å². The number of hydrogen-bond acceptors (Lipinski definition) is 3. The molecule has 0 aromatic rings. The zero-order valence-corrected chi connectivity index (χ0v) is 12.8. The van der Waals surface area contributed by atoms with E-state index in [1.807, 2.05) is 0 Å². The Morgan fingerprint density at radius 2 is 1.61 bits per heavy atom. The molecule has 3 heteroatoms. The van der Waals surface area contributed by atoms with Crippen LogP contribution in [0.4, 0.5) is 0 Å². The third-order valence-corrected chi connectivity index (χ3v) is 4.58. The van der Waals surface area contributed by atoms with Crippen LogP contribution in [0.1, 0.15) is 47.0 Å². The summed E-state index contributed by atoms with van der Waals surface area (Å²) < 4.78 is 0. The van der Waals surface area contributed by atoms with Crippen molar-refractivity contribution in [1.82, 2.24) is 15.1 Å². The highest BCUT2D eigenvalue weighted by Crippen LogP contribution is 2.23. The standard InChI is InChI=1S/C15H31N3/c1-14(2)13-18(15(3,4)12-16-14)11-10-17-8-6-5-7-9-17/h16H,5-13H2,1-4H3. The molecule has 0 unspecified atom stereocenters. The van der Waals surface area contributed by atoms with E-state index >= 15 is 0 Å². The number of likely N-dealkylation sites (tertiary alicyclic amines) is 1. The summed E-state index contributed by atoms with van der Waals surface area (Å²) in [4.78, 5) is 5.33. The Kier molecular flexibility index (Phi) is 4.35. The van der Waals surface area contributed by atoms with E-state index in [9.17, 15) is 0 Å². The first-order chi connectivity index (χ1) is 8.39. The van der Waals surface area contributed by atoms with Crippen LogP contribution in [0, 0.1) is 0 Å². The average molecular weight is 253 g/mol. The van der Waals surface area contributed by atoms with Gasteiger partial charge < -0.3 is 10.2 Å². The normalized spacial score (nSPS) is 29.3. The largest absolute Gasteiger partial charge is 0.309 e. The lowest BCUT2D eigenvalue weighted by Gasteiger charge is -2.50. The molecule has 18 heavy (non-hydrogen) atoms. The number of hydrogen-bond donors (Lipinski definition) is 1. The van der Waals surface area contributed by atoms with Crippen molar-refractivity contribution >= 4 is 0 Å². The van der Waals surface area contributed by atoms with E-state index in [-0.39, 0.29) is 5.54 Å². The Hall–Kier alpha value is -0.120. The lowest BCUT2D eigenvalue weighted by molar-refractivity contribution is 0.0294. The van der Waals surface area contributed by atoms with Gasteiger partial charge in [0.25, 0.3) is 0 Å². The van der Waals surface area contributed by atoms with Crippen molar-refractivity contribution in [3.63, 3.8) is 0 Å². The Morgan fingerprint density at radius 1 is 0.944 bits per heavy atom. The highest BCUT2D eigenvalue weighted by molar-refractivity contribution is 4.97. The molecule has 0 aliphatic carbocycles. The third-order valence-electron chi connectivity index (χ3n) is 4.58. The van der Waals surface area contributed by atoms with E-state index in [2.05, 4.69) is 42.8 Å². The topological polar surface area (TPSA) is 18.5 Å². The minimum atomic E-state index is 0.261. The molecular weight excluding hydrogens is 222 g/mol. The summed E-state index contributed by atoms with van der Waals surface area (Å²) in [7, 11) is 0. The smallest absolute Gasteiger partial charge is 0.0279 e. The first-order valence-electron chi connectivity index (χ1n) is 7.62. The molecule has 2 heterocycles. The second-order valence-electron chi connectivity index (χ2n) is 7.37. The fourth-order valence-corrected chi connectivity index (χ4v) is 3.14. The van der Waals surface area contributed by atoms with Crippen molar-refractivity contribution < 1.29 is 0 Å². The minimum absolute atomic E-state index is 0.261. The van der Waals surface area contributed by atoms with Crippen LogP contribution in [-0.2, 0) is 0 Å². The number of rotatable bonds is 3. The third kappa shape index (κ3) is 3.69. The van der Waals surface area contributed by atoms with E-state index in [1.165, 1.54) is 45.4 Å². The van der Waals surface area contributed by atoms with E-state index in [0.29, 0.717) is 5.54 Å². The molecular formula is C15H31N3. The Balaban J connectivity index is 1.85. The van der Waals surface area contributed by atoms with Gasteiger partial charge in [-0.1, -0.05) is 6.42 Å². The van der Waals surface area contributed by atoms with Gasteiger partial charge in [-0.05, 0) is 53.6 Å². The first kappa shape index (κ1) is 14.3. The maximum Gasteiger partial charge on any atom is 0.0279 e. The fourth-order valence-electron chi connectivity index (χ4n) is 3.14. The first-order valence-corrected chi connectivity index (χ1v) is 7.62. The number of piperazine rings is 1. The van der Waals surface area contributed by atoms with Crippen molar-refractivity contribution in [2.45, 2.75) is 58.0 Å². The number of nitrogens with zero attached hydrogens (tertiary/aromatic N) is 2. The second kappa shape index (κ2) is 5.48.